The smallest absolute Gasteiger partial charge is 0.328 e. The van der Waals surface area contributed by atoms with E-state index < -0.39 is 0 Å². The molecule has 4 rings (SSSR count). The second kappa shape index (κ2) is 9.51. The molecule has 1 heterocycles. The highest BCUT2D eigenvalue weighted by atomic mass is 79.9. The second-order valence-corrected chi connectivity index (χ2v) is 9.02. The molecule has 7 nitrogen and oxygen atoms in total. The van der Waals surface area contributed by atoms with Crippen LogP contribution in [0.4, 0.5) is 17.6 Å². The van der Waals surface area contributed by atoms with Crippen LogP contribution in [0.3, 0.4) is 0 Å². The van der Waals surface area contributed by atoms with Crippen molar-refractivity contribution in [1.82, 2.24) is 15.0 Å². The molecular weight excluding hydrogens is 536 g/mol. The second-order valence-electron chi connectivity index (χ2n) is 7.25. The molecule has 0 spiro atoms. The van der Waals surface area contributed by atoms with Gasteiger partial charge in [0.05, 0.1) is 11.6 Å². The molecule has 0 aliphatic rings. The third-order valence-electron chi connectivity index (χ3n) is 4.35. The highest BCUT2D eigenvalue weighted by Crippen LogP contribution is 2.32. The zero-order valence-corrected chi connectivity index (χ0v) is 20.4. The summed E-state index contributed by atoms with van der Waals surface area (Å²) in [6, 6.07) is 19.2. The molecule has 1 aromatic heterocycles. The Hall–Kier alpha value is -3.22. The minimum atomic E-state index is 0.128. The Kier molecular flexibility index (Phi) is 6.53. The summed E-state index contributed by atoms with van der Waals surface area (Å²) in [5.74, 6) is 1.33. The standard InChI is InChI=1S/C23H18Br2N6O/c1-13(2)27-21-29-22(28-17-6-3-14(12-26)4-7-17)31-23(30-21)32-18-8-5-15-9-16(24)10-20(25)19(15)11-18/h3-11,13H,1-2H3,(H2,27,28,29,30,31). The van der Waals surface area contributed by atoms with Crippen molar-refractivity contribution in [2.45, 2.75) is 19.9 Å². The molecule has 0 amide bonds. The summed E-state index contributed by atoms with van der Waals surface area (Å²) in [7, 11) is 0. The lowest BCUT2D eigenvalue weighted by Gasteiger charge is -2.13. The van der Waals surface area contributed by atoms with Crippen LogP contribution in [0.5, 0.6) is 11.8 Å². The fourth-order valence-electron chi connectivity index (χ4n) is 2.96. The van der Waals surface area contributed by atoms with Crippen molar-refractivity contribution in [2.75, 3.05) is 10.6 Å². The number of halogens is 2. The predicted octanol–water partition coefficient (Wildman–Crippen LogP) is 6.78. The largest absolute Gasteiger partial charge is 0.424 e. The van der Waals surface area contributed by atoms with Gasteiger partial charge in [-0.05, 0) is 73.2 Å². The SMILES string of the molecule is CC(C)Nc1nc(Nc2ccc(C#N)cc2)nc(Oc2ccc3cc(Br)cc(Br)c3c2)n1. The lowest BCUT2D eigenvalue weighted by molar-refractivity contribution is 0.442. The summed E-state index contributed by atoms with van der Waals surface area (Å²) < 4.78 is 7.93. The van der Waals surface area contributed by atoms with E-state index in [1.54, 1.807) is 24.3 Å². The number of hydrogen-bond donors (Lipinski definition) is 2. The summed E-state index contributed by atoms with van der Waals surface area (Å²) in [5.41, 5.74) is 1.32. The molecule has 9 heteroatoms. The van der Waals surface area contributed by atoms with Crippen LogP contribution in [0.2, 0.25) is 0 Å². The summed E-state index contributed by atoms with van der Waals surface area (Å²) in [6.07, 6.45) is 0. The van der Waals surface area contributed by atoms with E-state index in [1.807, 2.05) is 44.2 Å². The van der Waals surface area contributed by atoms with Crippen molar-refractivity contribution in [3.8, 4) is 17.8 Å². The van der Waals surface area contributed by atoms with Crippen LogP contribution in [0.15, 0.2) is 63.5 Å². The van der Waals surface area contributed by atoms with Crippen LogP contribution >= 0.6 is 31.9 Å². The topological polar surface area (TPSA) is 95.8 Å². The van der Waals surface area contributed by atoms with E-state index in [2.05, 4.69) is 63.5 Å². The van der Waals surface area contributed by atoms with Gasteiger partial charge in [-0.3, -0.25) is 0 Å². The average molecular weight is 554 g/mol. The zero-order chi connectivity index (χ0) is 22.7. The fourth-order valence-corrected chi connectivity index (χ4v) is 4.34. The Bertz CT molecular complexity index is 1320. The molecule has 4 aromatic rings. The van der Waals surface area contributed by atoms with E-state index in [1.165, 1.54) is 0 Å². The molecule has 0 radical (unpaired) electrons. The predicted molar refractivity (Wildman–Crippen MR) is 132 cm³/mol. The molecule has 0 fully saturated rings. The Morgan fingerprint density at radius 3 is 2.41 bits per heavy atom. The van der Waals surface area contributed by atoms with E-state index in [9.17, 15) is 0 Å². The van der Waals surface area contributed by atoms with E-state index in [0.29, 0.717) is 23.2 Å². The Morgan fingerprint density at radius 1 is 0.938 bits per heavy atom. The first-order chi connectivity index (χ1) is 15.4. The van der Waals surface area contributed by atoms with Gasteiger partial charge in [0, 0.05) is 20.7 Å². The van der Waals surface area contributed by atoms with Gasteiger partial charge in [0.1, 0.15) is 5.75 Å². The fraction of sp³-hybridized carbons (Fsp3) is 0.130. The number of nitrogens with zero attached hydrogens (tertiary/aromatic N) is 4. The number of fused-ring (bicyclic) bond motifs is 1. The van der Waals surface area contributed by atoms with Crippen LogP contribution in [-0.4, -0.2) is 21.0 Å². The number of hydrogen-bond acceptors (Lipinski definition) is 7. The molecule has 160 valence electrons. The van der Waals surface area contributed by atoms with Crippen LogP contribution < -0.4 is 15.4 Å². The maximum atomic E-state index is 8.98. The van der Waals surface area contributed by atoms with Gasteiger partial charge in [-0.1, -0.05) is 37.9 Å². The van der Waals surface area contributed by atoms with Gasteiger partial charge in [0.2, 0.25) is 11.9 Å². The summed E-state index contributed by atoms with van der Waals surface area (Å²) in [4.78, 5) is 13.2. The van der Waals surface area contributed by atoms with Gasteiger partial charge in [0.15, 0.2) is 0 Å². The lowest BCUT2D eigenvalue weighted by Crippen LogP contribution is -2.14. The number of rotatable bonds is 6. The molecule has 3 aromatic carbocycles. The normalized spacial score (nSPS) is 10.8. The number of aromatic nitrogens is 3. The van der Waals surface area contributed by atoms with E-state index in [-0.39, 0.29) is 12.1 Å². The minimum absolute atomic E-state index is 0.128. The van der Waals surface area contributed by atoms with Crippen molar-refractivity contribution in [2.24, 2.45) is 0 Å². The lowest BCUT2D eigenvalue weighted by atomic mass is 10.1. The van der Waals surface area contributed by atoms with Gasteiger partial charge in [0.25, 0.3) is 0 Å². The highest BCUT2D eigenvalue weighted by Gasteiger charge is 2.11. The maximum absolute atomic E-state index is 8.98. The first kappa shape index (κ1) is 22.0. The van der Waals surface area contributed by atoms with Crippen molar-refractivity contribution in [3.63, 3.8) is 0 Å². The first-order valence-electron chi connectivity index (χ1n) is 9.76. The quantitative estimate of drug-likeness (QED) is 0.271. The number of nitrogens with one attached hydrogen (secondary N) is 2. The molecule has 0 atom stereocenters. The van der Waals surface area contributed by atoms with Gasteiger partial charge < -0.3 is 15.4 Å². The van der Waals surface area contributed by atoms with Crippen molar-refractivity contribution in [3.05, 3.63) is 69.1 Å². The number of anilines is 3. The zero-order valence-electron chi connectivity index (χ0n) is 17.2. The van der Waals surface area contributed by atoms with Gasteiger partial charge in [-0.2, -0.15) is 20.2 Å². The van der Waals surface area contributed by atoms with E-state index in [0.717, 1.165) is 25.4 Å². The van der Waals surface area contributed by atoms with Gasteiger partial charge in [-0.25, -0.2) is 0 Å². The molecule has 0 bridgehead atoms. The molecule has 0 saturated carbocycles. The third-order valence-corrected chi connectivity index (χ3v) is 5.47. The Balaban J connectivity index is 1.65. The molecule has 2 N–H and O–H groups in total. The monoisotopic (exact) mass is 552 g/mol. The first-order valence-corrected chi connectivity index (χ1v) is 11.3. The highest BCUT2D eigenvalue weighted by molar-refractivity contribution is 9.11. The van der Waals surface area contributed by atoms with Crippen LogP contribution in [-0.2, 0) is 0 Å². The number of benzene rings is 3. The molecule has 0 unspecified atom stereocenters. The van der Waals surface area contributed by atoms with Crippen molar-refractivity contribution in [1.29, 1.82) is 5.26 Å². The Morgan fingerprint density at radius 2 is 1.69 bits per heavy atom. The summed E-state index contributed by atoms with van der Waals surface area (Å²) in [5, 5.41) is 17.4. The van der Waals surface area contributed by atoms with E-state index in [4.69, 9.17) is 10.00 Å². The molecule has 0 aliphatic heterocycles. The molecule has 0 aliphatic carbocycles. The molecular formula is C23H18Br2N6O. The average Bonchev–Trinajstić information content (AvgIpc) is 2.74. The number of ether oxygens (including phenoxy) is 1. The van der Waals surface area contributed by atoms with Crippen molar-refractivity contribution >= 4 is 60.2 Å². The maximum Gasteiger partial charge on any atom is 0.328 e. The summed E-state index contributed by atoms with van der Waals surface area (Å²) in [6.45, 7) is 3.99. The van der Waals surface area contributed by atoms with Crippen LogP contribution in [0.1, 0.15) is 19.4 Å². The van der Waals surface area contributed by atoms with Gasteiger partial charge in [-0.15, -0.1) is 0 Å². The summed E-state index contributed by atoms with van der Waals surface area (Å²) >= 11 is 7.11. The molecule has 32 heavy (non-hydrogen) atoms. The van der Waals surface area contributed by atoms with Crippen LogP contribution in [0, 0.1) is 11.3 Å². The van der Waals surface area contributed by atoms with Crippen LogP contribution in [0.25, 0.3) is 10.8 Å². The van der Waals surface area contributed by atoms with Crippen molar-refractivity contribution < 1.29 is 4.74 Å². The Labute approximate surface area is 202 Å². The van der Waals surface area contributed by atoms with Gasteiger partial charge >= 0.3 is 6.01 Å². The van der Waals surface area contributed by atoms with E-state index >= 15 is 0 Å². The third kappa shape index (κ3) is 5.33. The minimum Gasteiger partial charge on any atom is -0.424 e. The molecule has 0 saturated heterocycles. The number of nitriles is 1.